The van der Waals surface area contributed by atoms with Crippen LogP contribution in [-0.2, 0) is 9.47 Å². The Morgan fingerprint density at radius 1 is 0.964 bits per heavy atom. The first kappa shape index (κ1) is 18.6. The molecule has 0 spiro atoms. The highest BCUT2D eigenvalue weighted by Crippen LogP contribution is 2.27. The van der Waals surface area contributed by atoms with Gasteiger partial charge in [-0.2, -0.15) is 0 Å². The fourth-order valence-electron chi connectivity index (χ4n) is 3.47. The number of rotatable bonds is 4. The minimum absolute atomic E-state index is 0.235. The maximum Gasteiger partial charge on any atom is 0.274 e. The van der Waals surface area contributed by atoms with Gasteiger partial charge in [-0.25, -0.2) is 9.97 Å². The third kappa shape index (κ3) is 4.23. The summed E-state index contributed by atoms with van der Waals surface area (Å²) in [6.45, 7) is 7.65. The van der Waals surface area contributed by atoms with Crippen molar-refractivity contribution in [3.05, 3.63) is 41.9 Å². The normalized spacial score (nSPS) is 17.5. The van der Waals surface area contributed by atoms with Gasteiger partial charge in [-0.1, -0.05) is 12.1 Å². The summed E-state index contributed by atoms with van der Waals surface area (Å²) >= 11 is 0. The number of carbonyl (C=O) groups is 1. The van der Waals surface area contributed by atoms with Crippen LogP contribution in [0.2, 0.25) is 0 Å². The van der Waals surface area contributed by atoms with Crippen LogP contribution < -0.4 is 15.1 Å². The summed E-state index contributed by atoms with van der Waals surface area (Å²) in [6.07, 6.45) is 0. The van der Waals surface area contributed by atoms with Gasteiger partial charge in [0.1, 0.15) is 17.3 Å². The van der Waals surface area contributed by atoms with Crippen LogP contribution in [0.25, 0.3) is 0 Å². The number of anilines is 3. The minimum Gasteiger partial charge on any atom is -0.378 e. The van der Waals surface area contributed by atoms with E-state index in [2.05, 4.69) is 25.1 Å². The fourth-order valence-corrected chi connectivity index (χ4v) is 3.47. The number of aromatic nitrogens is 2. The second kappa shape index (κ2) is 8.53. The van der Waals surface area contributed by atoms with Crippen LogP contribution in [-0.4, -0.2) is 68.5 Å². The highest BCUT2D eigenvalue weighted by atomic mass is 16.5. The molecule has 2 aromatic rings. The van der Waals surface area contributed by atoms with E-state index in [1.807, 2.05) is 31.2 Å². The number of carbonyl (C=O) groups excluding carboxylic acids is 1. The summed E-state index contributed by atoms with van der Waals surface area (Å²) in [7, 11) is 0. The molecule has 3 heterocycles. The average Bonchev–Trinajstić information content (AvgIpc) is 2.75. The molecule has 28 heavy (non-hydrogen) atoms. The number of para-hydroxylation sites is 2. The van der Waals surface area contributed by atoms with E-state index in [9.17, 15) is 4.79 Å². The SMILES string of the molecule is Cc1nc(C(=O)Nc2ccccc2N2CCOCC2)cc(N2CCOCC2)n1. The fraction of sp³-hybridized carbons (Fsp3) is 0.450. The Labute approximate surface area is 164 Å². The highest BCUT2D eigenvalue weighted by Gasteiger charge is 2.19. The van der Waals surface area contributed by atoms with Crippen LogP contribution >= 0.6 is 0 Å². The summed E-state index contributed by atoms with van der Waals surface area (Å²) in [6, 6.07) is 9.59. The molecule has 0 radical (unpaired) electrons. The van der Waals surface area contributed by atoms with Crippen LogP contribution in [0.3, 0.4) is 0 Å². The Kier molecular flexibility index (Phi) is 5.68. The van der Waals surface area contributed by atoms with Crippen LogP contribution in [0, 0.1) is 6.92 Å². The van der Waals surface area contributed by atoms with E-state index in [4.69, 9.17) is 9.47 Å². The number of hydrogen-bond donors (Lipinski definition) is 1. The van der Waals surface area contributed by atoms with Gasteiger partial charge in [0, 0.05) is 32.2 Å². The molecule has 2 aliphatic rings. The molecule has 1 N–H and O–H groups in total. The Hall–Kier alpha value is -2.71. The van der Waals surface area contributed by atoms with E-state index in [0.717, 1.165) is 43.4 Å². The van der Waals surface area contributed by atoms with Crippen molar-refractivity contribution in [3.63, 3.8) is 0 Å². The molecule has 1 amide bonds. The van der Waals surface area contributed by atoms with Crippen LogP contribution in [0.15, 0.2) is 30.3 Å². The lowest BCUT2D eigenvalue weighted by Gasteiger charge is -2.30. The standard InChI is InChI=1S/C20H25N5O3/c1-15-21-17(14-19(22-15)25-8-12-28-13-9-25)20(26)23-16-4-2-3-5-18(16)24-6-10-27-11-7-24/h2-5,14H,6-13H2,1H3,(H,23,26). The van der Waals surface area contributed by atoms with Crippen LogP contribution in [0.4, 0.5) is 17.2 Å². The molecule has 148 valence electrons. The second-order valence-electron chi connectivity index (χ2n) is 6.83. The largest absolute Gasteiger partial charge is 0.378 e. The van der Waals surface area contributed by atoms with E-state index in [0.29, 0.717) is 37.9 Å². The molecule has 8 nitrogen and oxygen atoms in total. The highest BCUT2D eigenvalue weighted by molar-refractivity contribution is 6.05. The Bertz CT molecular complexity index is 832. The van der Waals surface area contributed by atoms with Crippen LogP contribution in [0.1, 0.15) is 16.3 Å². The number of hydrogen-bond acceptors (Lipinski definition) is 7. The lowest BCUT2D eigenvalue weighted by atomic mass is 10.2. The number of amides is 1. The maximum atomic E-state index is 12.9. The molecule has 0 atom stereocenters. The minimum atomic E-state index is -0.235. The predicted molar refractivity (Wildman–Crippen MR) is 107 cm³/mol. The number of ether oxygens (including phenoxy) is 2. The molecule has 1 aromatic heterocycles. The Balaban J connectivity index is 1.55. The summed E-state index contributed by atoms with van der Waals surface area (Å²) in [5.74, 6) is 1.11. The van der Waals surface area contributed by atoms with Crippen molar-refractivity contribution in [1.29, 1.82) is 0 Å². The van der Waals surface area contributed by atoms with E-state index in [-0.39, 0.29) is 5.91 Å². The first-order valence-corrected chi connectivity index (χ1v) is 9.62. The molecule has 2 saturated heterocycles. The third-order valence-electron chi connectivity index (χ3n) is 4.90. The van der Waals surface area contributed by atoms with Crippen molar-refractivity contribution >= 4 is 23.1 Å². The molecule has 2 fully saturated rings. The van der Waals surface area contributed by atoms with Crippen molar-refractivity contribution in [3.8, 4) is 0 Å². The maximum absolute atomic E-state index is 12.9. The van der Waals surface area contributed by atoms with Gasteiger partial charge in [0.05, 0.1) is 37.8 Å². The molecular formula is C20H25N5O3. The van der Waals surface area contributed by atoms with E-state index in [1.54, 1.807) is 6.07 Å². The molecule has 4 rings (SSSR count). The molecule has 1 aromatic carbocycles. The Morgan fingerprint density at radius 3 is 2.32 bits per heavy atom. The number of nitrogens with zero attached hydrogens (tertiary/aromatic N) is 4. The summed E-state index contributed by atoms with van der Waals surface area (Å²) < 4.78 is 10.8. The first-order valence-electron chi connectivity index (χ1n) is 9.62. The second-order valence-corrected chi connectivity index (χ2v) is 6.83. The lowest BCUT2D eigenvalue weighted by Crippen LogP contribution is -2.37. The van der Waals surface area contributed by atoms with Gasteiger partial charge in [0.25, 0.3) is 5.91 Å². The van der Waals surface area contributed by atoms with Crippen molar-refractivity contribution in [2.24, 2.45) is 0 Å². The van der Waals surface area contributed by atoms with Gasteiger partial charge in [-0.3, -0.25) is 4.79 Å². The van der Waals surface area contributed by atoms with Crippen molar-refractivity contribution in [2.45, 2.75) is 6.92 Å². The third-order valence-corrected chi connectivity index (χ3v) is 4.90. The van der Waals surface area contributed by atoms with E-state index >= 15 is 0 Å². The van der Waals surface area contributed by atoms with Crippen molar-refractivity contribution in [2.75, 3.05) is 67.7 Å². The monoisotopic (exact) mass is 383 g/mol. The van der Waals surface area contributed by atoms with Crippen LogP contribution in [0.5, 0.6) is 0 Å². The predicted octanol–water partition coefficient (Wildman–Crippen LogP) is 1.71. The molecule has 8 heteroatoms. The zero-order valence-corrected chi connectivity index (χ0v) is 16.1. The number of nitrogens with one attached hydrogen (secondary N) is 1. The smallest absolute Gasteiger partial charge is 0.274 e. The molecule has 0 bridgehead atoms. The average molecular weight is 383 g/mol. The molecular weight excluding hydrogens is 358 g/mol. The summed E-state index contributed by atoms with van der Waals surface area (Å²) in [5, 5.41) is 3.03. The van der Waals surface area contributed by atoms with Gasteiger partial charge in [0.2, 0.25) is 0 Å². The molecule has 0 saturated carbocycles. The van der Waals surface area contributed by atoms with Gasteiger partial charge in [0.15, 0.2) is 0 Å². The van der Waals surface area contributed by atoms with Crippen molar-refractivity contribution in [1.82, 2.24) is 9.97 Å². The molecule has 2 aliphatic heterocycles. The van der Waals surface area contributed by atoms with E-state index in [1.165, 1.54) is 0 Å². The Morgan fingerprint density at radius 2 is 1.61 bits per heavy atom. The molecule has 0 unspecified atom stereocenters. The van der Waals surface area contributed by atoms with Gasteiger partial charge in [-0.05, 0) is 19.1 Å². The number of morpholine rings is 2. The topological polar surface area (TPSA) is 79.8 Å². The number of aryl methyl sites for hydroxylation is 1. The van der Waals surface area contributed by atoms with Crippen molar-refractivity contribution < 1.29 is 14.3 Å². The van der Waals surface area contributed by atoms with Gasteiger partial charge >= 0.3 is 0 Å². The zero-order valence-electron chi connectivity index (χ0n) is 16.1. The summed E-state index contributed by atoms with van der Waals surface area (Å²) in [5.41, 5.74) is 2.14. The molecule has 0 aliphatic carbocycles. The summed E-state index contributed by atoms with van der Waals surface area (Å²) in [4.78, 5) is 26.1. The lowest BCUT2D eigenvalue weighted by molar-refractivity contribution is 0.102. The quantitative estimate of drug-likeness (QED) is 0.861. The first-order chi connectivity index (χ1) is 13.7. The van der Waals surface area contributed by atoms with E-state index < -0.39 is 0 Å². The van der Waals surface area contributed by atoms with Gasteiger partial charge in [-0.15, -0.1) is 0 Å². The number of benzene rings is 1. The zero-order chi connectivity index (χ0) is 19.3. The van der Waals surface area contributed by atoms with Gasteiger partial charge < -0.3 is 24.6 Å².